The number of carbonyl (C=O) groups is 2. The van der Waals surface area contributed by atoms with E-state index in [1.165, 1.54) is 0 Å². The second-order valence-electron chi connectivity index (χ2n) is 1.47. The molecule has 8 heavy (non-hydrogen) atoms. The third kappa shape index (κ3) is 1.87. The summed E-state index contributed by atoms with van der Waals surface area (Å²) in [5, 5.41) is 2.14. The molecule has 1 aliphatic heterocycles. The molecule has 42 valence electrons. The quantitative estimate of drug-likeness (QED) is 0.520. The van der Waals surface area contributed by atoms with Crippen LogP contribution < -0.4 is 5.32 Å². The summed E-state index contributed by atoms with van der Waals surface area (Å²) in [4.78, 5) is 20.2. The molecule has 0 aromatic heterocycles. The number of hydrogen-bond acceptors (Lipinski definition) is 2. The topological polar surface area (TPSA) is 46.2 Å². The summed E-state index contributed by atoms with van der Waals surface area (Å²) in [6.45, 7) is 0. The fraction of sp³-hybridized carbons (Fsp3) is 0.500. The fourth-order valence-corrected chi connectivity index (χ4v) is 0.508. The van der Waals surface area contributed by atoms with Gasteiger partial charge in [0.2, 0.25) is 11.8 Å². The maximum absolute atomic E-state index is 10.1. The zero-order chi connectivity index (χ0) is 5.28. The van der Waals surface area contributed by atoms with Gasteiger partial charge in [0.25, 0.3) is 0 Å². The Hall–Kier alpha value is 0.0231. The Bertz CT molecular complexity index is 109. The van der Waals surface area contributed by atoms with Crippen molar-refractivity contribution in [3.8, 4) is 0 Å². The standard InChI is InChI=1S/C4H5NO2.Zr/c6-3-1-2-4(7)5-3;/h1-2H2,(H,5,6,7);. The molecule has 2 amide bonds. The van der Waals surface area contributed by atoms with Crippen molar-refractivity contribution in [2.75, 3.05) is 0 Å². The van der Waals surface area contributed by atoms with Gasteiger partial charge in [0, 0.05) is 39.0 Å². The van der Waals surface area contributed by atoms with Crippen LogP contribution >= 0.6 is 0 Å². The summed E-state index contributed by atoms with van der Waals surface area (Å²) >= 11 is 0. The first kappa shape index (κ1) is 8.02. The van der Waals surface area contributed by atoms with E-state index < -0.39 is 0 Å². The predicted molar refractivity (Wildman–Crippen MR) is 22.4 cm³/mol. The molecule has 4 heteroatoms. The second kappa shape index (κ2) is 3.13. The molecule has 1 saturated heterocycles. The van der Waals surface area contributed by atoms with Crippen molar-refractivity contribution >= 4 is 11.8 Å². The van der Waals surface area contributed by atoms with E-state index in [2.05, 4.69) is 5.32 Å². The molecule has 0 atom stereocenters. The zero-order valence-corrected chi connectivity index (χ0v) is 6.69. The van der Waals surface area contributed by atoms with Crippen LogP contribution in [0.4, 0.5) is 0 Å². The van der Waals surface area contributed by atoms with Crippen LogP contribution in [0.5, 0.6) is 0 Å². The Labute approximate surface area is 65.9 Å². The summed E-state index contributed by atoms with van der Waals surface area (Å²) in [5.74, 6) is -0.296. The average Bonchev–Trinajstić information content (AvgIpc) is 1.87. The van der Waals surface area contributed by atoms with Gasteiger partial charge in [-0.05, 0) is 0 Å². The molecule has 0 aliphatic carbocycles. The smallest absolute Gasteiger partial charge is 0.227 e. The molecular formula is C4H5NO2Zr. The Kier molecular flexibility index (Phi) is 3.14. The molecule has 0 unspecified atom stereocenters. The summed E-state index contributed by atoms with van der Waals surface area (Å²) in [6.07, 6.45) is 0.748. The largest absolute Gasteiger partial charge is 0.296 e. The molecule has 1 heterocycles. The van der Waals surface area contributed by atoms with Gasteiger partial charge in [0.1, 0.15) is 0 Å². The first-order chi connectivity index (χ1) is 3.29. The van der Waals surface area contributed by atoms with Crippen LogP contribution in [0.2, 0.25) is 0 Å². The second-order valence-corrected chi connectivity index (χ2v) is 1.47. The Morgan fingerprint density at radius 3 is 1.62 bits per heavy atom. The van der Waals surface area contributed by atoms with Crippen LogP contribution in [0.3, 0.4) is 0 Å². The predicted octanol–water partition coefficient (Wildman–Crippen LogP) is -0.579. The average molecular weight is 190 g/mol. The van der Waals surface area contributed by atoms with E-state index >= 15 is 0 Å². The van der Waals surface area contributed by atoms with Crippen molar-refractivity contribution in [3.63, 3.8) is 0 Å². The molecule has 0 radical (unpaired) electrons. The van der Waals surface area contributed by atoms with E-state index in [4.69, 9.17) is 0 Å². The number of carbonyl (C=O) groups excluding carboxylic acids is 2. The van der Waals surface area contributed by atoms with Crippen LogP contribution in [-0.2, 0) is 35.8 Å². The van der Waals surface area contributed by atoms with Crippen LogP contribution in [0.1, 0.15) is 12.8 Å². The molecule has 0 aromatic rings. The van der Waals surface area contributed by atoms with Crippen molar-refractivity contribution in [2.24, 2.45) is 0 Å². The minimum absolute atomic E-state index is 0. The van der Waals surface area contributed by atoms with E-state index in [0.717, 1.165) is 0 Å². The van der Waals surface area contributed by atoms with Crippen molar-refractivity contribution in [1.29, 1.82) is 0 Å². The number of imide groups is 1. The molecular weight excluding hydrogens is 185 g/mol. The summed E-state index contributed by atoms with van der Waals surface area (Å²) in [5.41, 5.74) is 0. The first-order valence-electron chi connectivity index (χ1n) is 2.12. The number of hydrogen-bond donors (Lipinski definition) is 1. The number of rotatable bonds is 0. The summed E-state index contributed by atoms with van der Waals surface area (Å²) in [6, 6.07) is 0. The van der Waals surface area contributed by atoms with Crippen LogP contribution in [0.25, 0.3) is 0 Å². The fourth-order valence-electron chi connectivity index (χ4n) is 0.508. The molecule has 1 fully saturated rings. The van der Waals surface area contributed by atoms with Crippen molar-refractivity contribution in [2.45, 2.75) is 12.8 Å². The molecule has 1 N–H and O–H groups in total. The minimum atomic E-state index is -0.148. The third-order valence-corrected chi connectivity index (χ3v) is 0.858. The third-order valence-electron chi connectivity index (χ3n) is 0.858. The van der Waals surface area contributed by atoms with Gasteiger partial charge in [-0.1, -0.05) is 0 Å². The maximum Gasteiger partial charge on any atom is 0.227 e. The van der Waals surface area contributed by atoms with E-state index in [0.29, 0.717) is 12.8 Å². The molecule has 0 aromatic carbocycles. The molecule has 3 nitrogen and oxygen atoms in total. The van der Waals surface area contributed by atoms with Crippen molar-refractivity contribution < 1.29 is 35.8 Å². The van der Waals surface area contributed by atoms with Gasteiger partial charge in [-0.2, -0.15) is 0 Å². The summed E-state index contributed by atoms with van der Waals surface area (Å²) < 4.78 is 0. The SMILES string of the molecule is O=C1CCC(=O)N1.[Zr]. The number of amides is 2. The minimum Gasteiger partial charge on any atom is -0.296 e. The van der Waals surface area contributed by atoms with Gasteiger partial charge in [0.05, 0.1) is 0 Å². The van der Waals surface area contributed by atoms with Gasteiger partial charge >= 0.3 is 0 Å². The Balaban J connectivity index is 0.000000490. The molecule has 1 rings (SSSR count). The van der Waals surface area contributed by atoms with E-state index in [9.17, 15) is 9.59 Å². The normalized spacial score (nSPS) is 17.5. The number of nitrogens with one attached hydrogen (secondary N) is 1. The van der Waals surface area contributed by atoms with Crippen LogP contribution in [0, 0.1) is 0 Å². The van der Waals surface area contributed by atoms with Gasteiger partial charge in [0.15, 0.2) is 0 Å². The van der Waals surface area contributed by atoms with Crippen LogP contribution in [0.15, 0.2) is 0 Å². The molecule has 0 spiro atoms. The van der Waals surface area contributed by atoms with Gasteiger partial charge < -0.3 is 0 Å². The maximum atomic E-state index is 10.1. The Morgan fingerprint density at radius 2 is 1.50 bits per heavy atom. The van der Waals surface area contributed by atoms with Crippen LogP contribution in [-0.4, -0.2) is 11.8 Å². The molecule has 0 bridgehead atoms. The Morgan fingerprint density at radius 1 is 1.12 bits per heavy atom. The summed E-state index contributed by atoms with van der Waals surface area (Å²) in [7, 11) is 0. The van der Waals surface area contributed by atoms with Crippen molar-refractivity contribution in [3.05, 3.63) is 0 Å². The molecule has 1 aliphatic rings. The van der Waals surface area contributed by atoms with E-state index in [1.807, 2.05) is 0 Å². The van der Waals surface area contributed by atoms with Gasteiger partial charge in [-0.3, -0.25) is 14.9 Å². The molecule has 0 saturated carbocycles. The zero-order valence-electron chi connectivity index (χ0n) is 4.23. The van der Waals surface area contributed by atoms with E-state index in [-0.39, 0.29) is 38.0 Å². The van der Waals surface area contributed by atoms with Crippen molar-refractivity contribution in [1.82, 2.24) is 5.32 Å². The first-order valence-corrected chi connectivity index (χ1v) is 2.12. The van der Waals surface area contributed by atoms with Gasteiger partial charge in [-0.25, -0.2) is 0 Å². The van der Waals surface area contributed by atoms with E-state index in [1.54, 1.807) is 0 Å². The van der Waals surface area contributed by atoms with Gasteiger partial charge in [-0.15, -0.1) is 0 Å². The monoisotopic (exact) mass is 189 g/mol.